The summed E-state index contributed by atoms with van der Waals surface area (Å²) in [6.07, 6.45) is 4.20. The number of aromatic nitrogens is 2. The van der Waals surface area contributed by atoms with Crippen LogP contribution in [0.4, 0.5) is 10.5 Å². The molecule has 1 amide bonds. The number of alkyl carbamates (subject to hydrolysis) is 1. The molecule has 0 bridgehead atoms. The fourth-order valence-electron chi connectivity index (χ4n) is 3.08. The number of nitrogens with zero attached hydrogens (tertiary/aromatic N) is 2. The summed E-state index contributed by atoms with van der Waals surface area (Å²) < 4.78 is 7.41. The minimum absolute atomic E-state index is 0.0920. The Labute approximate surface area is 148 Å². The second-order valence-corrected chi connectivity index (χ2v) is 7.67. The van der Waals surface area contributed by atoms with E-state index in [2.05, 4.69) is 40.7 Å². The Bertz CT molecular complexity index is 776. The zero-order chi connectivity index (χ0) is 18.2. The molecule has 2 heterocycles. The Morgan fingerprint density at radius 3 is 2.80 bits per heavy atom. The highest BCUT2D eigenvalue weighted by atomic mass is 16.6. The van der Waals surface area contributed by atoms with E-state index in [0.717, 1.165) is 29.1 Å². The standard InChI is InChI=1S/C19H26N4O2/c1-12-8-17(22-18(24)25-19(3,4)5)15-9-14(6-7-16(15)21-12)23-10-13(2)20-11-23/h6-7,9-12,17,21H,8H2,1-5H3,(H,22,24)/t12-,17+/m1/s1. The van der Waals surface area contributed by atoms with Crippen LogP contribution in [0.25, 0.3) is 5.69 Å². The summed E-state index contributed by atoms with van der Waals surface area (Å²) >= 11 is 0. The lowest BCUT2D eigenvalue weighted by Crippen LogP contribution is -2.39. The molecule has 0 fully saturated rings. The van der Waals surface area contributed by atoms with Crippen molar-refractivity contribution in [3.63, 3.8) is 0 Å². The maximum absolute atomic E-state index is 12.2. The number of imidazole rings is 1. The van der Waals surface area contributed by atoms with Crippen molar-refractivity contribution in [2.24, 2.45) is 0 Å². The third-order valence-corrected chi connectivity index (χ3v) is 4.10. The summed E-state index contributed by atoms with van der Waals surface area (Å²) in [5.41, 5.74) is 3.58. The van der Waals surface area contributed by atoms with Crippen LogP contribution in [0.3, 0.4) is 0 Å². The molecule has 1 aliphatic heterocycles. The highest BCUT2D eigenvalue weighted by molar-refractivity contribution is 5.70. The van der Waals surface area contributed by atoms with E-state index in [1.54, 1.807) is 6.33 Å². The van der Waals surface area contributed by atoms with E-state index in [0.29, 0.717) is 0 Å². The first-order valence-corrected chi connectivity index (χ1v) is 8.62. The molecule has 2 aromatic rings. The SMILES string of the molecule is Cc1cn(-c2ccc3c(c2)[C@@H](NC(=O)OC(C)(C)C)C[C@@H](C)N3)cn1. The van der Waals surface area contributed by atoms with Crippen LogP contribution in [-0.4, -0.2) is 27.3 Å². The molecule has 1 aliphatic rings. The number of hydrogen-bond acceptors (Lipinski definition) is 4. The molecule has 134 valence electrons. The maximum atomic E-state index is 12.2. The Morgan fingerprint density at radius 1 is 1.40 bits per heavy atom. The number of nitrogens with one attached hydrogen (secondary N) is 2. The third-order valence-electron chi connectivity index (χ3n) is 4.10. The number of benzene rings is 1. The molecule has 6 nitrogen and oxygen atoms in total. The lowest BCUT2D eigenvalue weighted by atomic mass is 9.93. The number of carbonyl (C=O) groups excluding carboxylic acids is 1. The average molecular weight is 342 g/mol. The third kappa shape index (κ3) is 4.13. The largest absolute Gasteiger partial charge is 0.444 e. The van der Waals surface area contributed by atoms with Crippen molar-refractivity contribution >= 4 is 11.8 Å². The van der Waals surface area contributed by atoms with Crippen LogP contribution in [0.5, 0.6) is 0 Å². The van der Waals surface area contributed by atoms with E-state index in [4.69, 9.17) is 4.74 Å². The van der Waals surface area contributed by atoms with Gasteiger partial charge in [-0.3, -0.25) is 0 Å². The van der Waals surface area contributed by atoms with Gasteiger partial charge in [0.15, 0.2) is 0 Å². The molecule has 6 heteroatoms. The van der Waals surface area contributed by atoms with Gasteiger partial charge in [0.25, 0.3) is 0 Å². The molecule has 25 heavy (non-hydrogen) atoms. The number of fused-ring (bicyclic) bond motifs is 1. The fourth-order valence-corrected chi connectivity index (χ4v) is 3.08. The van der Waals surface area contributed by atoms with Crippen molar-refractivity contribution in [3.05, 3.63) is 42.0 Å². The number of ether oxygens (including phenoxy) is 1. The van der Waals surface area contributed by atoms with E-state index in [9.17, 15) is 4.79 Å². The van der Waals surface area contributed by atoms with E-state index >= 15 is 0 Å². The highest BCUT2D eigenvalue weighted by Crippen LogP contribution is 2.34. The first kappa shape index (κ1) is 17.3. The van der Waals surface area contributed by atoms with Crippen LogP contribution in [0, 0.1) is 6.92 Å². The van der Waals surface area contributed by atoms with Gasteiger partial charge in [-0.25, -0.2) is 9.78 Å². The van der Waals surface area contributed by atoms with Gasteiger partial charge < -0.3 is 19.9 Å². The van der Waals surface area contributed by atoms with E-state index in [1.807, 2.05) is 38.5 Å². The number of amides is 1. The minimum Gasteiger partial charge on any atom is -0.444 e. The van der Waals surface area contributed by atoms with Crippen LogP contribution in [0.1, 0.15) is 51.4 Å². The maximum Gasteiger partial charge on any atom is 0.408 e. The topological polar surface area (TPSA) is 68.2 Å². The fraction of sp³-hybridized carbons (Fsp3) is 0.474. The second kappa shape index (κ2) is 6.43. The van der Waals surface area contributed by atoms with Gasteiger partial charge >= 0.3 is 6.09 Å². The van der Waals surface area contributed by atoms with Gasteiger partial charge in [0.1, 0.15) is 5.60 Å². The van der Waals surface area contributed by atoms with Gasteiger partial charge in [0, 0.05) is 23.6 Å². The van der Waals surface area contributed by atoms with Crippen molar-refractivity contribution in [1.29, 1.82) is 0 Å². The summed E-state index contributed by atoms with van der Waals surface area (Å²) in [5, 5.41) is 6.50. The highest BCUT2D eigenvalue weighted by Gasteiger charge is 2.28. The normalized spacial score (nSPS) is 19.7. The first-order valence-electron chi connectivity index (χ1n) is 8.62. The smallest absolute Gasteiger partial charge is 0.408 e. The summed E-state index contributed by atoms with van der Waals surface area (Å²) in [7, 11) is 0. The van der Waals surface area contributed by atoms with Crippen molar-refractivity contribution in [2.75, 3.05) is 5.32 Å². The lowest BCUT2D eigenvalue weighted by molar-refractivity contribution is 0.0499. The number of hydrogen-bond donors (Lipinski definition) is 2. The van der Waals surface area contributed by atoms with Gasteiger partial charge in [0.2, 0.25) is 0 Å². The zero-order valence-corrected chi connectivity index (χ0v) is 15.5. The van der Waals surface area contributed by atoms with E-state index in [-0.39, 0.29) is 18.2 Å². The van der Waals surface area contributed by atoms with E-state index in [1.165, 1.54) is 0 Å². The van der Waals surface area contributed by atoms with Gasteiger partial charge in [-0.1, -0.05) is 0 Å². The Balaban J connectivity index is 1.88. The summed E-state index contributed by atoms with van der Waals surface area (Å²) in [6.45, 7) is 9.67. The molecule has 2 atom stereocenters. The quantitative estimate of drug-likeness (QED) is 0.867. The summed E-state index contributed by atoms with van der Waals surface area (Å²) in [6, 6.07) is 6.38. The van der Waals surface area contributed by atoms with Gasteiger partial charge in [-0.15, -0.1) is 0 Å². The molecule has 0 unspecified atom stereocenters. The van der Waals surface area contributed by atoms with Crippen LogP contribution in [0.15, 0.2) is 30.7 Å². The molecule has 0 spiro atoms. The Morgan fingerprint density at radius 2 is 2.16 bits per heavy atom. The predicted molar refractivity (Wildman–Crippen MR) is 98.1 cm³/mol. The lowest BCUT2D eigenvalue weighted by Gasteiger charge is -2.33. The molecular formula is C19H26N4O2. The number of aryl methyl sites for hydroxylation is 1. The van der Waals surface area contributed by atoms with Crippen LogP contribution >= 0.6 is 0 Å². The van der Waals surface area contributed by atoms with Crippen LogP contribution < -0.4 is 10.6 Å². The van der Waals surface area contributed by atoms with Gasteiger partial charge in [0.05, 0.1) is 18.1 Å². The van der Waals surface area contributed by atoms with Crippen molar-refractivity contribution in [1.82, 2.24) is 14.9 Å². The first-order chi connectivity index (χ1) is 11.7. The van der Waals surface area contributed by atoms with Gasteiger partial charge in [-0.05, 0) is 64.8 Å². The second-order valence-electron chi connectivity index (χ2n) is 7.67. The summed E-state index contributed by atoms with van der Waals surface area (Å²) in [5.74, 6) is 0. The molecule has 1 aromatic heterocycles. The Kier molecular flexibility index (Phi) is 4.45. The van der Waals surface area contributed by atoms with Gasteiger partial charge in [-0.2, -0.15) is 0 Å². The summed E-state index contributed by atoms with van der Waals surface area (Å²) in [4.78, 5) is 16.5. The molecule has 1 aromatic carbocycles. The zero-order valence-electron chi connectivity index (χ0n) is 15.5. The monoisotopic (exact) mass is 342 g/mol. The average Bonchev–Trinajstić information content (AvgIpc) is 2.91. The van der Waals surface area contributed by atoms with Crippen molar-refractivity contribution in [3.8, 4) is 5.69 Å². The molecule has 0 radical (unpaired) electrons. The number of anilines is 1. The Hall–Kier alpha value is -2.50. The van der Waals surface area contributed by atoms with Crippen molar-refractivity contribution in [2.45, 2.75) is 58.7 Å². The molecule has 0 saturated carbocycles. The number of carbonyl (C=O) groups is 1. The predicted octanol–water partition coefficient (Wildman–Crippen LogP) is 3.95. The molecule has 0 saturated heterocycles. The molecular weight excluding hydrogens is 316 g/mol. The molecule has 0 aliphatic carbocycles. The minimum atomic E-state index is -0.512. The van der Waals surface area contributed by atoms with E-state index < -0.39 is 5.60 Å². The molecule has 3 rings (SSSR count). The number of rotatable bonds is 2. The molecule has 2 N–H and O–H groups in total. The van der Waals surface area contributed by atoms with Crippen molar-refractivity contribution < 1.29 is 9.53 Å². The van der Waals surface area contributed by atoms with Crippen LogP contribution in [-0.2, 0) is 4.74 Å². The van der Waals surface area contributed by atoms with Crippen LogP contribution in [0.2, 0.25) is 0 Å².